The number of hydrogen-bond acceptors (Lipinski definition) is 2. The van der Waals surface area contributed by atoms with Crippen LogP contribution in [0.2, 0.25) is 10.0 Å². The van der Waals surface area contributed by atoms with Crippen LogP contribution < -0.4 is 10.3 Å². The van der Waals surface area contributed by atoms with Crippen LogP contribution in [0.3, 0.4) is 0 Å². The highest BCUT2D eigenvalue weighted by molar-refractivity contribution is 6.42. The summed E-state index contributed by atoms with van der Waals surface area (Å²) < 4.78 is 7.01. The van der Waals surface area contributed by atoms with Crippen LogP contribution in [0.5, 0.6) is 5.75 Å². The standard InChI is InChI=1S/C15H15Cl2NO2/c1-2-8-20-14-4-3-7-18(15(14)19)10-11-5-6-12(16)13(17)9-11/h3-7,9H,2,8,10H2,1H3. The van der Waals surface area contributed by atoms with Crippen molar-refractivity contribution < 1.29 is 4.74 Å². The largest absolute Gasteiger partial charge is 0.488 e. The lowest BCUT2D eigenvalue weighted by atomic mass is 10.2. The van der Waals surface area contributed by atoms with Gasteiger partial charge in [-0.05, 0) is 36.2 Å². The van der Waals surface area contributed by atoms with E-state index in [1.165, 1.54) is 0 Å². The van der Waals surface area contributed by atoms with Crippen molar-refractivity contribution in [3.05, 3.63) is 62.5 Å². The Labute approximate surface area is 127 Å². The zero-order chi connectivity index (χ0) is 14.5. The number of halogens is 2. The molecule has 3 nitrogen and oxygen atoms in total. The summed E-state index contributed by atoms with van der Waals surface area (Å²) in [7, 11) is 0. The molecule has 0 spiro atoms. The van der Waals surface area contributed by atoms with Gasteiger partial charge in [-0.1, -0.05) is 36.2 Å². The minimum Gasteiger partial charge on any atom is -0.488 e. The van der Waals surface area contributed by atoms with Crippen LogP contribution in [0.25, 0.3) is 0 Å². The van der Waals surface area contributed by atoms with Crippen molar-refractivity contribution in [1.82, 2.24) is 4.57 Å². The Kier molecular flexibility index (Phi) is 5.10. The second kappa shape index (κ2) is 6.82. The van der Waals surface area contributed by atoms with Crippen LogP contribution in [-0.4, -0.2) is 11.2 Å². The number of hydrogen-bond donors (Lipinski definition) is 0. The lowest BCUT2D eigenvalue weighted by Crippen LogP contribution is -2.22. The fourth-order valence-electron chi connectivity index (χ4n) is 1.80. The lowest BCUT2D eigenvalue weighted by Gasteiger charge is -2.09. The number of nitrogens with zero attached hydrogens (tertiary/aromatic N) is 1. The van der Waals surface area contributed by atoms with Crippen molar-refractivity contribution in [1.29, 1.82) is 0 Å². The van der Waals surface area contributed by atoms with Gasteiger partial charge in [0.05, 0.1) is 23.2 Å². The quantitative estimate of drug-likeness (QED) is 0.836. The van der Waals surface area contributed by atoms with Crippen LogP contribution in [0, 0.1) is 0 Å². The topological polar surface area (TPSA) is 31.2 Å². The smallest absolute Gasteiger partial charge is 0.293 e. The van der Waals surface area contributed by atoms with Gasteiger partial charge >= 0.3 is 0 Å². The normalized spacial score (nSPS) is 10.6. The molecule has 0 unspecified atom stereocenters. The third-order valence-electron chi connectivity index (χ3n) is 2.78. The van der Waals surface area contributed by atoms with Crippen molar-refractivity contribution in [3.8, 4) is 5.75 Å². The molecule has 1 heterocycles. The van der Waals surface area contributed by atoms with E-state index in [2.05, 4.69) is 0 Å². The van der Waals surface area contributed by atoms with Gasteiger partial charge in [0, 0.05) is 6.20 Å². The summed E-state index contributed by atoms with van der Waals surface area (Å²) in [4.78, 5) is 12.2. The molecule has 2 aromatic rings. The molecule has 0 radical (unpaired) electrons. The summed E-state index contributed by atoms with van der Waals surface area (Å²) in [5.41, 5.74) is 0.765. The van der Waals surface area contributed by atoms with Gasteiger partial charge in [0.25, 0.3) is 5.56 Å². The van der Waals surface area contributed by atoms with Gasteiger partial charge in [-0.25, -0.2) is 0 Å². The van der Waals surface area contributed by atoms with E-state index in [0.29, 0.717) is 28.9 Å². The highest BCUT2D eigenvalue weighted by Crippen LogP contribution is 2.22. The second-order valence-corrected chi connectivity index (χ2v) is 5.22. The summed E-state index contributed by atoms with van der Waals surface area (Å²) in [5.74, 6) is 0.370. The molecule has 0 fully saturated rings. The van der Waals surface area contributed by atoms with Gasteiger partial charge in [-0.15, -0.1) is 0 Å². The predicted octanol–water partition coefficient (Wildman–Crippen LogP) is 3.99. The lowest BCUT2D eigenvalue weighted by molar-refractivity contribution is 0.310. The Bertz CT molecular complexity index is 653. The van der Waals surface area contributed by atoms with Crippen LogP contribution in [-0.2, 0) is 6.54 Å². The van der Waals surface area contributed by atoms with Crippen molar-refractivity contribution in [2.75, 3.05) is 6.61 Å². The molecule has 1 aromatic heterocycles. The minimum atomic E-state index is -0.146. The molecule has 0 atom stereocenters. The van der Waals surface area contributed by atoms with Gasteiger partial charge in [0.1, 0.15) is 0 Å². The van der Waals surface area contributed by atoms with Gasteiger partial charge < -0.3 is 9.30 Å². The van der Waals surface area contributed by atoms with Crippen molar-refractivity contribution in [3.63, 3.8) is 0 Å². The predicted molar refractivity (Wildman–Crippen MR) is 82.1 cm³/mol. The Hall–Kier alpha value is -1.45. The average molecular weight is 312 g/mol. The first-order chi connectivity index (χ1) is 9.61. The number of aromatic nitrogens is 1. The van der Waals surface area contributed by atoms with Crippen LogP contribution >= 0.6 is 23.2 Å². The molecule has 0 saturated heterocycles. The Balaban J connectivity index is 2.24. The number of rotatable bonds is 5. The first kappa shape index (κ1) is 14.9. The Morgan fingerprint density at radius 1 is 1.20 bits per heavy atom. The van der Waals surface area contributed by atoms with E-state index in [9.17, 15) is 4.79 Å². The van der Waals surface area contributed by atoms with Crippen LogP contribution in [0.4, 0.5) is 0 Å². The molecule has 0 aliphatic rings. The molecular weight excluding hydrogens is 297 g/mol. The van der Waals surface area contributed by atoms with E-state index in [-0.39, 0.29) is 5.56 Å². The van der Waals surface area contributed by atoms with Gasteiger partial charge in [-0.3, -0.25) is 4.79 Å². The molecule has 20 heavy (non-hydrogen) atoms. The first-order valence-corrected chi connectivity index (χ1v) is 7.13. The summed E-state index contributed by atoms with van der Waals surface area (Å²) in [6.07, 6.45) is 2.59. The summed E-state index contributed by atoms with van der Waals surface area (Å²) in [6.45, 7) is 2.96. The maximum absolute atomic E-state index is 12.2. The molecule has 0 bridgehead atoms. The highest BCUT2D eigenvalue weighted by atomic mass is 35.5. The molecule has 106 valence electrons. The van der Waals surface area contributed by atoms with E-state index in [4.69, 9.17) is 27.9 Å². The molecule has 0 aliphatic carbocycles. The van der Waals surface area contributed by atoms with Gasteiger partial charge in [0.2, 0.25) is 0 Å². The van der Waals surface area contributed by atoms with E-state index < -0.39 is 0 Å². The van der Waals surface area contributed by atoms with Gasteiger partial charge in [0.15, 0.2) is 5.75 Å². The first-order valence-electron chi connectivity index (χ1n) is 6.38. The maximum atomic E-state index is 12.2. The Morgan fingerprint density at radius 2 is 2.00 bits per heavy atom. The monoisotopic (exact) mass is 311 g/mol. The molecule has 2 rings (SSSR count). The highest BCUT2D eigenvalue weighted by Gasteiger charge is 2.06. The van der Waals surface area contributed by atoms with E-state index in [0.717, 1.165) is 12.0 Å². The van der Waals surface area contributed by atoms with Crippen molar-refractivity contribution in [2.45, 2.75) is 19.9 Å². The maximum Gasteiger partial charge on any atom is 0.293 e. The van der Waals surface area contributed by atoms with Crippen molar-refractivity contribution >= 4 is 23.2 Å². The average Bonchev–Trinajstić information content (AvgIpc) is 2.44. The number of benzene rings is 1. The summed E-state index contributed by atoms with van der Waals surface area (Å²) >= 11 is 11.9. The number of ether oxygens (including phenoxy) is 1. The molecular formula is C15H15Cl2NO2. The molecule has 1 aromatic carbocycles. The molecule has 0 N–H and O–H groups in total. The SMILES string of the molecule is CCCOc1cccn(Cc2ccc(Cl)c(Cl)c2)c1=O. The van der Waals surface area contributed by atoms with E-state index >= 15 is 0 Å². The van der Waals surface area contributed by atoms with E-state index in [1.807, 2.05) is 13.0 Å². The molecule has 0 aliphatic heterocycles. The van der Waals surface area contributed by atoms with Crippen molar-refractivity contribution in [2.24, 2.45) is 0 Å². The zero-order valence-electron chi connectivity index (χ0n) is 11.1. The van der Waals surface area contributed by atoms with Crippen LogP contribution in [0.1, 0.15) is 18.9 Å². The fourth-order valence-corrected chi connectivity index (χ4v) is 2.12. The zero-order valence-corrected chi connectivity index (χ0v) is 12.6. The minimum absolute atomic E-state index is 0.146. The van der Waals surface area contributed by atoms with Gasteiger partial charge in [-0.2, -0.15) is 0 Å². The summed E-state index contributed by atoms with van der Waals surface area (Å²) in [5, 5.41) is 0.985. The molecule has 5 heteroatoms. The fraction of sp³-hybridized carbons (Fsp3) is 0.267. The molecule has 0 amide bonds. The molecule has 0 saturated carbocycles. The second-order valence-electron chi connectivity index (χ2n) is 4.40. The Morgan fingerprint density at radius 3 is 2.70 bits per heavy atom. The summed E-state index contributed by atoms with van der Waals surface area (Å²) in [6, 6.07) is 8.81. The number of pyridine rings is 1. The third-order valence-corrected chi connectivity index (χ3v) is 3.52. The van der Waals surface area contributed by atoms with Crippen LogP contribution in [0.15, 0.2) is 41.3 Å². The third kappa shape index (κ3) is 3.56. The van der Waals surface area contributed by atoms with E-state index in [1.54, 1.807) is 35.0 Å².